The molecule has 5 nitrogen and oxygen atoms in total. The minimum absolute atomic E-state index is 0.143. The average molecular weight is 293 g/mol. The Balaban J connectivity index is 3.32. The number of alkyl halides is 5. The van der Waals surface area contributed by atoms with E-state index in [1.54, 1.807) is 0 Å². The number of hydrogen-bond donors (Lipinski definition) is 0. The Morgan fingerprint density at radius 1 is 1.44 bits per heavy atom. The van der Waals surface area contributed by atoms with E-state index in [1.165, 1.54) is 0 Å². The number of aromatic nitrogens is 1. The van der Waals surface area contributed by atoms with Gasteiger partial charge < -0.3 is 4.74 Å². The van der Waals surface area contributed by atoms with Gasteiger partial charge in [0, 0.05) is 0 Å². The average Bonchev–Trinajstić information content (AvgIpc) is 2.17. The standard InChI is InChI=1S/C7H2ClF5N2O3/c8-5-3(18-7(11,12)13)1-2(15(16)17)4(14-5)6(9)10/h1,6H. The van der Waals surface area contributed by atoms with Gasteiger partial charge in [0.2, 0.25) is 0 Å². The van der Waals surface area contributed by atoms with Crippen LogP contribution in [-0.2, 0) is 0 Å². The number of pyridine rings is 1. The zero-order valence-corrected chi connectivity index (χ0v) is 8.80. The van der Waals surface area contributed by atoms with Crippen LogP contribution in [0.4, 0.5) is 27.6 Å². The van der Waals surface area contributed by atoms with Crippen molar-refractivity contribution in [3.8, 4) is 5.75 Å². The summed E-state index contributed by atoms with van der Waals surface area (Å²) < 4.78 is 63.7. The van der Waals surface area contributed by atoms with Gasteiger partial charge in [-0.25, -0.2) is 13.8 Å². The molecule has 0 fully saturated rings. The molecule has 0 saturated heterocycles. The lowest BCUT2D eigenvalue weighted by Crippen LogP contribution is -2.18. The van der Waals surface area contributed by atoms with E-state index in [0.29, 0.717) is 0 Å². The van der Waals surface area contributed by atoms with Crippen LogP contribution in [-0.4, -0.2) is 16.3 Å². The van der Waals surface area contributed by atoms with Crippen molar-refractivity contribution in [1.82, 2.24) is 4.98 Å². The first-order chi connectivity index (χ1) is 8.11. The molecule has 1 aromatic heterocycles. The molecule has 0 aliphatic carbocycles. The molecule has 0 amide bonds. The Morgan fingerprint density at radius 2 is 2.00 bits per heavy atom. The van der Waals surface area contributed by atoms with Gasteiger partial charge in [-0.15, -0.1) is 13.2 Å². The second-order valence-corrected chi connectivity index (χ2v) is 3.15. The van der Waals surface area contributed by atoms with E-state index in [9.17, 15) is 32.1 Å². The Bertz CT molecular complexity index is 479. The quantitative estimate of drug-likeness (QED) is 0.370. The second kappa shape index (κ2) is 4.88. The largest absolute Gasteiger partial charge is 0.573 e. The Labute approximate surface area is 100 Å². The zero-order valence-electron chi connectivity index (χ0n) is 8.04. The summed E-state index contributed by atoms with van der Waals surface area (Å²) in [6, 6.07) is 0.143. The molecule has 0 bridgehead atoms. The molecule has 0 aliphatic rings. The van der Waals surface area contributed by atoms with Gasteiger partial charge in [0.15, 0.2) is 16.6 Å². The lowest BCUT2D eigenvalue weighted by atomic mass is 10.3. The summed E-state index contributed by atoms with van der Waals surface area (Å²) in [5.41, 5.74) is -2.65. The van der Waals surface area contributed by atoms with Crippen molar-refractivity contribution in [3.05, 3.63) is 27.0 Å². The normalized spacial score (nSPS) is 11.7. The lowest BCUT2D eigenvalue weighted by Gasteiger charge is -2.10. The van der Waals surface area contributed by atoms with Crippen molar-refractivity contribution >= 4 is 17.3 Å². The van der Waals surface area contributed by atoms with Gasteiger partial charge in [0.05, 0.1) is 11.0 Å². The molecule has 0 aliphatic heterocycles. The van der Waals surface area contributed by atoms with E-state index in [0.717, 1.165) is 0 Å². The molecule has 0 spiro atoms. The molecular weight excluding hydrogens is 291 g/mol. The fourth-order valence-electron chi connectivity index (χ4n) is 0.979. The first kappa shape index (κ1) is 14.4. The van der Waals surface area contributed by atoms with Gasteiger partial charge in [-0.2, -0.15) is 0 Å². The van der Waals surface area contributed by atoms with Gasteiger partial charge >= 0.3 is 6.36 Å². The topological polar surface area (TPSA) is 65.3 Å². The smallest absolute Gasteiger partial charge is 0.402 e. The van der Waals surface area contributed by atoms with E-state index >= 15 is 0 Å². The van der Waals surface area contributed by atoms with Gasteiger partial charge in [0.1, 0.15) is 0 Å². The zero-order chi connectivity index (χ0) is 14.1. The molecule has 1 rings (SSSR count). The molecule has 11 heteroatoms. The van der Waals surface area contributed by atoms with E-state index < -0.39 is 40.0 Å². The molecule has 0 unspecified atom stereocenters. The molecule has 1 heterocycles. The minimum Gasteiger partial charge on any atom is -0.402 e. The summed E-state index contributed by atoms with van der Waals surface area (Å²) >= 11 is 5.16. The number of nitrogens with zero attached hydrogens (tertiary/aromatic N) is 2. The van der Waals surface area contributed by atoms with Crippen LogP contribution in [0.15, 0.2) is 6.07 Å². The van der Waals surface area contributed by atoms with E-state index in [-0.39, 0.29) is 6.07 Å². The third-order valence-corrected chi connectivity index (χ3v) is 1.85. The van der Waals surface area contributed by atoms with Crippen molar-refractivity contribution in [2.45, 2.75) is 12.8 Å². The predicted octanol–water partition coefficient (Wildman–Crippen LogP) is 3.48. The first-order valence-electron chi connectivity index (χ1n) is 4.00. The van der Waals surface area contributed by atoms with Crippen LogP contribution in [0.2, 0.25) is 5.15 Å². The summed E-state index contributed by atoms with van der Waals surface area (Å²) in [6.07, 6.45) is -8.53. The highest BCUT2D eigenvalue weighted by molar-refractivity contribution is 6.30. The number of halogens is 6. The third-order valence-electron chi connectivity index (χ3n) is 1.58. The monoisotopic (exact) mass is 292 g/mol. The minimum atomic E-state index is -5.18. The summed E-state index contributed by atoms with van der Waals surface area (Å²) in [7, 11) is 0. The van der Waals surface area contributed by atoms with Crippen LogP contribution < -0.4 is 4.74 Å². The molecule has 0 aromatic carbocycles. The second-order valence-electron chi connectivity index (χ2n) is 2.79. The summed E-state index contributed by atoms with van der Waals surface area (Å²) in [5, 5.41) is 9.36. The highest BCUT2D eigenvalue weighted by atomic mass is 35.5. The van der Waals surface area contributed by atoms with Crippen molar-refractivity contribution in [2.24, 2.45) is 0 Å². The summed E-state index contributed by atoms with van der Waals surface area (Å²) in [5.74, 6) is -1.22. The van der Waals surface area contributed by atoms with Crippen LogP contribution in [0.1, 0.15) is 12.1 Å². The Hall–Kier alpha value is -1.71. The van der Waals surface area contributed by atoms with Gasteiger partial charge in [-0.1, -0.05) is 11.6 Å². The van der Waals surface area contributed by atoms with Crippen molar-refractivity contribution in [1.29, 1.82) is 0 Å². The third kappa shape index (κ3) is 3.39. The Kier molecular flexibility index (Phi) is 3.89. The van der Waals surface area contributed by atoms with E-state index in [2.05, 4.69) is 9.72 Å². The van der Waals surface area contributed by atoms with E-state index in [1.807, 2.05) is 0 Å². The molecular formula is C7H2ClF5N2O3. The first-order valence-corrected chi connectivity index (χ1v) is 4.38. The number of rotatable bonds is 3. The van der Waals surface area contributed by atoms with Gasteiger partial charge in [-0.3, -0.25) is 10.1 Å². The molecule has 0 radical (unpaired) electrons. The van der Waals surface area contributed by atoms with Gasteiger partial charge in [0.25, 0.3) is 12.1 Å². The molecule has 0 atom stereocenters. The van der Waals surface area contributed by atoms with Crippen LogP contribution >= 0.6 is 11.6 Å². The number of ether oxygens (including phenoxy) is 1. The fraction of sp³-hybridized carbons (Fsp3) is 0.286. The maximum absolute atomic E-state index is 12.3. The van der Waals surface area contributed by atoms with Crippen molar-refractivity contribution in [2.75, 3.05) is 0 Å². The molecule has 0 saturated carbocycles. The lowest BCUT2D eigenvalue weighted by molar-refractivity contribution is -0.386. The summed E-state index contributed by atoms with van der Waals surface area (Å²) in [4.78, 5) is 11.9. The Morgan fingerprint density at radius 3 is 2.39 bits per heavy atom. The summed E-state index contributed by atoms with van der Waals surface area (Å²) in [6.45, 7) is 0. The number of hydrogen-bond acceptors (Lipinski definition) is 4. The predicted molar refractivity (Wildman–Crippen MR) is 47.5 cm³/mol. The highest BCUT2D eigenvalue weighted by Crippen LogP contribution is 2.36. The number of nitro groups is 1. The maximum atomic E-state index is 12.3. The van der Waals surface area contributed by atoms with E-state index in [4.69, 9.17) is 11.6 Å². The van der Waals surface area contributed by atoms with Crippen LogP contribution in [0.3, 0.4) is 0 Å². The van der Waals surface area contributed by atoms with Crippen molar-refractivity contribution in [3.63, 3.8) is 0 Å². The molecule has 18 heavy (non-hydrogen) atoms. The highest BCUT2D eigenvalue weighted by Gasteiger charge is 2.35. The molecule has 0 N–H and O–H groups in total. The van der Waals surface area contributed by atoms with Crippen LogP contribution in [0.25, 0.3) is 0 Å². The van der Waals surface area contributed by atoms with Crippen LogP contribution in [0.5, 0.6) is 5.75 Å². The van der Waals surface area contributed by atoms with Crippen molar-refractivity contribution < 1.29 is 31.6 Å². The van der Waals surface area contributed by atoms with Crippen LogP contribution in [0, 0.1) is 10.1 Å². The maximum Gasteiger partial charge on any atom is 0.573 e. The van der Waals surface area contributed by atoms with Gasteiger partial charge in [-0.05, 0) is 0 Å². The fourth-order valence-corrected chi connectivity index (χ4v) is 1.16. The SMILES string of the molecule is O=[N+]([O-])c1cc(OC(F)(F)F)c(Cl)nc1C(F)F. The molecule has 100 valence electrons. The molecule has 1 aromatic rings.